The van der Waals surface area contributed by atoms with E-state index in [1.165, 1.54) is 7.11 Å². The van der Waals surface area contributed by atoms with E-state index in [0.29, 0.717) is 27.7 Å². The number of esters is 1. The van der Waals surface area contributed by atoms with Crippen LogP contribution >= 0.6 is 11.6 Å². The molecule has 4 nitrogen and oxygen atoms in total. The number of halogens is 1. The number of furan rings is 1. The van der Waals surface area contributed by atoms with Gasteiger partial charge in [-0.15, -0.1) is 0 Å². The molecule has 0 atom stereocenters. The molecule has 2 aromatic carbocycles. The standard InChI is InChI=1S/C21H14ClNO3/c1-25-21(24)15-7-5-14(6-8-15)20-10-9-19(26-20)12-17(13-23)16-3-2-4-18(22)11-16/h2-12H,1H3/b17-12-. The zero-order valence-electron chi connectivity index (χ0n) is 13.9. The summed E-state index contributed by atoms with van der Waals surface area (Å²) in [5.74, 6) is 0.796. The van der Waals surface area contributed by atoms with E-state index in [1.54, 1.807) is 54.6 Å². The average Bonchev–Trinajstić information content (AvgIpc) is 3.14. The first-order valence-electron chi connectivity index (χ1n) is 7.77. The van der Waals surface area contributed by atoms with Crippen molar-refractivity contribution in [2.24, 2.45) is 0 Å². The predicted octanol–water partition coefficient (Wildman–Crippen LogP) is 5.45. The zero-order valence-corrected chi connectivity index (χ0v) is 14.7. The molecule has 0 amide bonds. The Morgan fingerprint density at radius 1 is 1.12 bits per heavy atom. The van der Waals surface area contributed by atoms with Crippen LogP contribution in [0.15, 0.2) is 65.1 Å². The highest BCUT2D eigenvalue weighted by Gasteiger charge is 2.09. The van der Waals surface area contributed by atoms with Crippen LogP contribution in [0.4, 0.5) is 0 Å². The van der Waals surface area contributed by atoms with Gasteiger partial charge in [-0.25, -0.2) is 4.79 Å². The van der Waals surface area contributed by atoms with Gasteiger partial charge in [0.1, 0.15) is 11.5 Å². The van der Waals surface area contributed by atoms with Gasteiger partial charge in [-0.05, 0) is 48.0 Å². The molecule has 0 fully saturated rings. The smallest absolute Gasteiger partial charge is 0.337 e. The van der Waals surface area contributed by atoms with Gasteiger partial charge in [0.2, 0.25) is 0 Å². The number of nitriles is 1. The number of ether oxygens (including phenoxy) is 1. The van der Waals surface area contributed by atoms with Gasteiger partial charge >= 0.3 is 5.97 Å². The number of rotatable bonds is 4. The van der Waals surface area contributed by atoms with Gasteiger partial charge in [0, 0.05) is 10.6 Å². The summed E-state index contributed by atoms with van der Waals surface area (Å²) in [5, 5.41) is 9.98. The Hall–Kier alpha value is -3.29. The van der Waals surface area contributed by atoms with Crippen LogP contribution in [0.2, 0.25) is 5.02 Å². The molecular formula is C21H14ClNO3. The molecule has 0 bridgehead atoms. The van der Waals surface area contributed by atoms with Gasteiger partial charge in [0.15, 0.2) is 0 Å². The second kappa shape index (κ2) is 7.73. The number of carbonyl (C=O) groups excluding carboxylic acids is 1. The van der Waals surface area contributed by atoms with Crippen LogP contribution in [0.3, 0.4) is 0 Å². The minimum Gasteiger partial charge on any atom is -0.465 e. The molecule has 0 aliphatic rings. The lowest BCUT2D eigenvalue weighted by Gasteiger charge is -2.01. The summed E-state index contributed by atoms with van der Waals surface area (Å²) < 4.78 is 10.5. The van der Waals surface area contributed by atoms with E-state index in [0.717, 1.165) is 11.1 Å². The van der Waals surface area contributed by atoms with Crippen molar-refractivity contribution in [3.8, 4) is 17.4 Å². The minimum absolute atomic E-state index is 0.389. The maximum absolute atomic E-state index is 11.5. The molecule has 0 spiro atoms. The van der Waals surface area contributed by atoms with Gasteiger partial charge in [0.25, 0.3) is 0 Å². The molecule has 1 aromatic heterocycles. The van der Waals surface area contributed by atoms with E-state index in [2.05, 4.69) is 10.8 Å². The lowest BCUT2D eigenvalue weighted by Crippen LogP contribution is -2.00. The van der Waals surface area contributed by atoms with Crippen molar-refractivity contribution < 1.29 is 13.9 Å². The molecule has 3 aromatic rings. The third-order valence-electron chi connectivity index (χ3n) is 3.76. The molecule has 1 heterocycles. The Balaban J connectivity index is 1.87. The molecule has 5 heteroatoms. The number of benzene rings is 2. The maximum Gasteiger partial charge on any atom is 0.337 e. The van der Waals surface area contributed by atoms with E-state index < -0.39 is 0 Å². The molecule has 0 saturated heterocycles. The highest BCUT2D eigenvalue weighted by atomic mass is 35.5. The van der Waals surface area contributed by atoms with Crippen molar-refractivity contribution in [1.82, 2.24) is 0 Å². The topological polar surface area (TPSA) is 63.2 Å². The van der Waals surface area contributed by atoms with Crippen molar-refractivity contribution in [2.75, 3.05) is 7.11 Å². The maximum atomic E-state index is 11.5. The first-order chi connectivity index (χ1) is 12.6. The number of carbonyl (C=O) groups is 1. The normalized spacial score (nSPS) is 11.0. The molecule has 26 heavy (non-hydrogen) atoms. The van der Waals surface area contributed by atoms with Crippen molar-refractivity contribution in [2.45, 2.75) is 0 Å². The second-order valence-electron chi connectivity index (χ2n) is 5.45. The van der Waals surface area contributed by atoms with Gasteiger partial charge < -0.3 is 9.15 Å². The van der Waals surface area contributed by atoms with Crippen LogP contribution in [0, 0.1) is 11.3 Å². The van der Waals surface area contributed by atoms with Crippen molar-refractivity contribution in [1.29, 1.82) is 5.26 Å². The van der Waals surface area contributed by atoms with E-state index in [4.69, 9.17) is 16.0 Å². The number of methoxy groups -OCH3 is 1. The van der Waals surface area contributed by atoms with Crippen LogP contribution in [0.1, 0.15) is 21.7 Å². The van der Waals surface area contributed by atoms with Crippen LogP contribution in [0.5, 0.6) is 0 Å². The SMILES string of the molecule is COC(=O)c1ccc(-c2ccc(/C=C(/C#N)c3cccc(Cl)c3)o2)cc1. The quantitative estimate of drug-likeness (QED) is 0.456. The van der Waals surface area contributed by atoms with E-state index in [9.17, 15) is 10.1 Å². The fourth-order valence-corrected chi connectivity index (χ4v) is 2.64. The molecule has 0 radical (unpaired) electrons. The molecule has 0 aliphatic heterocycles. The summed E-state index contributed by atoms with van der Waals surface area (Å²) in [5.41, 5.74) is 2.46. The highest BCUT2D eigenvalue weighted by Crippen LogP contribution is 2.26. The van der Waals surface area contributed by atoms with Crippen molar-refractivity contribution >= 4 is 29.2 Å². The summed E-state index contributed by atoms with van der Waals surface area (Å²) in [7, 11) is 1.34. The highest BCUT2D eigenvalue weighted by molar-refractivity contribution is 6.30. The van der Waals surface area contributed by atoms with Gasteiger partial charge in [-0.3, -0.25) is 0 Å². The van der Waals surface area contributed by atoms with Gasteiger partial charge in [-0.1, -0.05) is 35.9 Å². The number of nitrogens with zero attached hydrogens (tertiary/aromatic N) is 1. The number of hydrogen-bond acceptors (Lipinski definition) is 4. The van der Waals surface area contributed by atoms with Crippen molar-refractivity contribution in [3.05, 3.63) is 82.6 Å². The Morgan fingerprint density at radius 2 is 1.88 bits per heavy atom. The monoisotopic (exact) mass is 363 g/mol. The number of hydrogen-bond donors (Lipinski definition) is 0. The lowest BCUT2D eigenvalue weighted by molar-refractivity contribution is 0.0600. The average molecular weight is 364 g/mol. The van der Waals surface area contributed by atoms with E-state index in [1.807, 2.05) is 12.1 Å². The Labute approximate surface area is 155 Å². The Morgan fingerprint density at radius 3 is 2.54 bits per heavy atom. The van der Waals surface area contributed by atoms with Crippen LogP contribution in [0.25, 0.3) is 23.0 Å². The summed E-state index contributed by atoms with van der Waals surface area (Å²) in [6.45, 7) is 0. The predicted molar refractivity (Wildman–Crippen MR) is 100 cm³/mol. The molecule has 0 saturated carbocycles. The molecule has 0 aliphatic carbocycles. The molecule has 0 N–H and O–H groups in total. The van der Waals surface area contributed by atoms with E-state index in [-0.39, 0.29) is 5.97 Å². The Kier molecular flexibility index (Phi) is 5.21. The summed E-state index contributed by atoms with van der Waals surface area (Å²) in [6.07, 6.45) is 1.66. The third kappa shape index (κ3) is 3.85. The zero-order chi connectivity index (χ0) is 18.5. The number of allylic oxidation sites excluding steroid dienone is 1. The fourth-order valence-electron chi connectivity index (χ4n) is 2.45. The first-order valence-corrected chi connectivity index (χ1v) is 8.15. The molecule has 0 unspecified atom stereocenters. The van der Waals surface area contributed by atoms with Crippen molar-refractivity contribution in [3.63, 3.8) is 0 Å². The first kappa shape index (κ1) is 17.5. The summed E-state index contributed by atoms with van der Waals surface area (Å²) in [4.78, 5) is 11.5. The third-order valence-corrected chi connectivity index (χ3v) is 4.00. The van der Waals surface area contributed by atoms with Crippen LogP contribution in [-0.2, 0) is 4.74 Å². The molecule has 3 rings (SSSR count). The summed E-state index contributed by atoms with van der Waals surface area (Å²) >= 11 is 5.99. The van der Waals surface area contributed by atoms with Crippen LogP contribution in [-0.4, -0.2) is 13.1 Å². The molecule has 128 valence electrons. The largest absolute Gasteiger partial charge is 0.465 e. The fraction of sp³-hybridized carbons (Fsp3) is 0.0476. The van der Waals surface area contributed by atoms with Crippen LogP contribution < -0.4 is 0 Å². The lowest BCUT2D eigenvalue weighted by atomic mass is 10.1. The Bertz CT molecular complexity index is 1010. The van der Waals surface area contributed by atoms with Gasteiger partial charge in [0.05, 0.1) is 24.3 Å². The summed E-state index contributed by atoms with van der Waals surface area (Å²) in [6, 6.07) is 19.7. The minimum atomic E-state index is -0.389. The second-order valence-corrected chi connectivity index (χ2v) is 5.89. The molecular weight excluding hydrogens is 350 g/mol. The van der Waals surface area contributed by atoms with Gasteiger partial charge in [-0.2, -0.15) is 5.26 Å². The van der Waals surface area contributed by atoms with E-state index >= 15 is 0 Å².